The maximum Gasteiger partial charge on any atom is 0.231 e. The number of carbonyl (C=O) groups is 1. The zero-order valence-corrected chi connectivity index (χ0v) is 14.6. The molecule has 0 aliphatic carbocycles. The molecule has 0 unspecified atom stereocenters. The number of halogens is 1. The summed E-state index contributed by atoms with van der Waals surface area (Å²) < 4.78 is 23.5. The van der Waals surface area contributed by atoms with Crippen molar-refractivity contribution in [3.8, 4) is 23.3 Å². The minimum Gasteiger partial charge on any atom is -0.493 e. The van der Waals surface area contributed by atoms with E-state index < -0.39 is 0 Å². The molecule has 6 heteroatoms. The fourth-order valence-corrected chi connectivity index (χ4v) is 2.57. The Balaban J connectivity index is 1.64. The van der Waals surface area contributed by atoms with Crippen LogP contribution in [0, 0.1) is 17.7 Å². The minimum atomic E-state index is -0.292. The van der Waals surface area contributed by atoms with Crippen molar-refractivity contribution >= 4 is 17.7 Å². The third-order valence-electron chi connectivity index (χ3n) is 3.05. The van der Waals surface area contributed by atoms with Gasteiger partial charge in [0.15, 0.2) is 11.5 Å². The first-order chi connectivity index (χ1) is 12.2. The summed E-state index contributed by atoms with van der Waals surface area (Å²) in [5, 5.41) is 2.70. The Bertz CT molecular complexity index is 753. The predicted molar refractivity (Wildman–Crippen MR) is 96.4 cm³/mol. The number of nitrogens with one attached hydrogen (secondary N) is 1. The van der Waals surface area contributed by atoms with Crippen LogP contribution in [0.4, 0.5) is 4.39 Å². The molecular weight excluding hydrogens is 341 g/mol. The van der Waals surface area contributed by atoms with Crippen LogP contribution in [0.15, 0.2) is 53.4 Å². The van der Waals surface area contributed by atoms with E-state index in [0.29, 0.717) is 11.5 Å². The molecule has 2 aromatic carbocycles. The van der Waals surface area contributed by atoms with Crippen molar-refractivity contribution in [3.05, 3.63) is 54.3 Å². The zero-order chi connectivity index (χ0) is 17.9. The monoisotopic (exact) mass is 359 g/mol. The molecule has 0 aliphatic heterocycles. The quantitative estimate of drug-likeness (QED) is 0.610. The minimum absolute atomic E-state index is 0.130. The van der Waals surface area contributed by atoms with Gasteiger partial charge >= 0.3 is 0 Å². The number of amides is 1. The molecule has 0 heterocycles. The number of ether oxygens (including phenoxy) is 2. The van der Waals surface area contributed by atoms with Crippen molar-refractivity contribution < 1.29 is 18.7 Å². The first kappa shape index (κ1) is 18.7. The summed E-state index contributed by atoms with van der Waals surface area (Å²) in [5.74, 6) is 6.76. The molecule has 4 nitrogen and oxygen atoms in total. The predicted octanol–water partition coefficient (Wildman–Crippen LogP) is 3.13. The van der Waals surface area contributed by atoms with Gasteiger partial charge in [-0.2, -0.15) is 0 Å². The van der Waals surface area contributed by atoms with Crippen LogP contribution >= 0.6 is 11.8 Å². The Morgan fingerprint density at radius 3 is 2.56 bits per heavy atom. The van der Waals surface area contributed by atoms with Gasteiger partial charge in [-0.25, -0.2) is 4.39 Å². The smallest absolute Gasteiger partial charge is 0.231 e. The Hall–Kier alpha value is -2.65. The lowest BCUT2D eigenvalue weighted by Crippen LogP contribution is -2.25. The molecule has 0 aliphatic rings. The van der Waals surface area contributed by atoms with Crippen LogP contribution in [0.25, 0.3) is 0 Å². The second kappa shape index (κ2) is 10.3. The number of hydrogen-bond acceptors (Lipinski definition) is 4. The molecule has 0 radical (unpaired) electrons. The van der Waals surface area contributed by atoms with Crippen LogP contribution in [0.1, 0.15) is 0 Å². The van der Waals surface area contributed by atoms with Crippen molar-refractivity contribution in [1.29, 1.82) is 0 Å². The fourth-order valence-electron chi connectivity index (χ4n) is 1.84. The molecule has 2 rings (SSSR count). The SMILES string of the molecule is COc1ccccc1OCC#CCNC(=O)CSc1ccc(F)cc1. The highest BCUT2D eigenvalue weighted by Crippen LogP contribution is 2.25. The molecule has 0 fully saturated rings. The molecule has 130 valence electrons. The number of rotatable bonds is 7. The largest absolute Gasteiger partial charge is 0.493 e. The third-order valence-corrected chi connectivity index (χ3v) is 4.06. The summed E-state index contributed by atoms with van der Waals surface area (Å²) >= 11 is 1.34. The zero-order valence-electron chi connectivity index (χ0n) is 13.8. The van der Waals surface area contributed by atoms with Crippen molar-refractivity contribution in [1.82, 2.24) is 5.32 Å². The van der Waals surface area contributed by atoms with E-state index in [1.165, 1.54) is 23.9 Å². The van der Waals surface area contributed by atoms with Crippen LogP contribution < -0.4 is 14.8 Å². The van der Waals surface area contributed by atoms with Crippen LogP contribution in [-0.4, -0.2) is 31.9 Å². The van der Waals surface area contributed by atoms with Crippen molar-refractivity contribution in [2.45, 2.75) is 4.90 Å². The van der Waals surface area contributed by atoms with E-state index in [9.17, 15) is 9.18 Å². The molecule has 0 spiro atoms. The number of thioether (sulfide) groups is 1. The van der Waals surface area contributed by atoms with Crippen molar-refractivity contribution in [3.63, 3.8) is 0 Å². The molecule has 1 N–H and O–H groups in total. The summed E-state index contributed by atoms with van der Waals surface area (Å²) in [6.07, 6.45) is 0. The van der Waals surface area contributed by atoms with E-state index in [0.717, 1.165) is 4.90 Å². The second-order valence-electron chi connectivity index (χ2n) is 4.81. The van der Waals surface area contributed by atoms with Gasteiger partial charge in [0.2, 0.25) is 5.91 Å². The van der Waals surface area contributed by atoms with Gasteiger partial charge in [0, 0.05) is 4.90 Å². The van der Waals surface area contributed by atoms with Gasteiger partial charge in [-0.15, -0.1) is 11.8 Å². The average Bonchev–Trinajstić information content (AvgIpc) is 2.64. The summed E-state index contributed by atoms with van der Waals surface area (Å²) in [5.41, 5.74) is 0. The molecule has 1 amide bonds. The van der Waals surface area contributed by atoms with Crippen LogP contribution in [0.2, 0.25) is 0 Å². The van der Waals surface area contributed by atoms with Gasteiger partial charge in [0.25, 0.3) is 0 Å². The summed E-state index contributed by atoms with van der Waals surface area (Å²) in [7, 11) is 1.58. The van der Waals surface area contributed by atoms with Gasteiger partial charge in [0.1, 0.15) is 12.4 Å². The lowest BCUT2D eigenvalue weighted by Gasteiger charge is -2.07. The lowest BCUT2D eigenvalue weighted by molar-refractivity contribution is -0.118. The molecule has 2 aromatic rings. The van der Waals surface area contributed by atoms with Gasteiger partial charge in [-0.1, -0.05) is 24.0 Å². The number of methoxy groups -OCH3 is 1. The van der Waals surface area contributed by atoms with Crippen molar-refractivity contribution in [2.24, 2.45) is 0 Å². The maximum absolute atomic E-state index is 12.8. The summed E-state index contributed by atoms with van der Waals surface area (Å²) in [6.45, 7) is 0.457. The normalized spacial score (nSPS) is 9.68. The van der Waals surface area contributed by atoms with Crippen LogP contribution in [-0.2, 0) is 4.79 Å². The highest BCUT2D eigenvalue weighted by Gasteiger charge is 2.02. The number of para-hydroxylation sites is 2. The van der Waals surface area contributed by atoms with E-state index in [2.05, 4.69) is 17.2 Å². The van der Waals surface area contributed by atoms with E-state index in [4.69, 9.17) is 9.47 Å². The number of carbonyl (C=O) groups excluding carboxylic acids is 1. The first-order valence-corrected chi connectivity index (χ1v) is 8.54. The van der Waals surface area contributed by atoms with Crippen LogP contribution in [0.5, 0.6) is 11.5 Å². The standard InChI is InChI=1S/C19H18FNO3S/c1-23-17-6-2-3-7-18(17)24-13-5-4-12-21-19(22)14-25-16-10-8-15(20)9-11-16/h2-3,6-11H,12-14H2,1H3,(H,21,22). The van der Waals surface area contributed by atoms with Gasteiger partial charge in [0.05, 0.1) is 19.4 Å². The number of benzene rings is 2. The van der Waals surface area contributed by atoms with Crippen LogP contribution in [0.3, 0.4) is 0 Å². The Kier molecular flexibility index (Phi) is 7.67. The topological polar surface area (TPSA) is 47.6 Å². The molecule has 25 heavy (non-hydrogen) atoms. The molecule has 0 bridgehead atoms. The Labute approximate surface area is 150 Å². The number of hydrogen-bond donors (Lipinski definition) is 1. The molecular formula is C19H18FNO3S. The second-order valence-corrected chi connectivity index (χ2v) is 5.86. The van der Waals surface area contributed by atoms with Gasteiger partial charge in [-0.05, 0) is 36.4 Å². The van der Waals surface area contributed by atoms with Crippen molar-refractivity contribution in [2.75, 3.05) is 26.0 Å². The fraction of sp³-hybridized carbons (Fsp3) is 0.211. The average molecular weight is 359 g/mol. The van der Waals surface area contributed by atoms with E-state index >= 15 is 0 Å². The Morgan fingerprint density at radius 2 is 1.84 bits per heavy atom. The van der Waals surface area contributed by atoms with E-state index in [-0.39, 0.29) is 30.6 Å². The summed E-state index contributed by atoms with van der Waals surface area (Å²) in [4.78, 5) is 12.5. The Morgan fingerprint density at radius 1 is 1.12 bits per heavy atom. The van der Waals surface area contributed by atoms with Gasteiger partial charge in [-0.3, -0.25) is 4.79 Å². The maximum atomic E-state index is 12.8. The van der Waals surface area contributed by atoms with Gasteiger partial charge < -0.3 is 14.8 Å². The van der Waals surface area contributed by atoms with E-state index in [1.54, 1.807) is 25.3 Å². The van der Waals surface area contributed by atoms with E-state index in [1.807, 2.05) is 18.2 Å². The third kappa shape index (κ3) is 6.77. The summed E-state index contributed by atoms with van der Waals surface area (Å²) in [6, 6.07) is 13.3. The lowest BCUT2D eigenvalue weighted by atomic mass is 10.3. The molecule has 0 saturated carbocycles. The first-order valence-electron chi connectivity index (χ1n) is 7.55. The molecule has 0 aromatic heterocycles. The molecule has 0 saturated heterocycles. The highest BCUT2D eigenvalue weighted by molar-refractivity contribution is 8.00. The molecule has 0 atom stereocenters. The highest BCUT2D eigenvalue weighted by atomic mass is 32.2.